The average Bonchev–Trinajstić information content (AvgIpc) is 3.25. The summed E-state index contributed by atoms with van der Waals surface area (Å²) >= 11 is 3.44. The lowest BCUT2D eigenvalue weighted by atomic mass is 10.0. The number of carbonyl (C=O) groups is 1. The maximum Gasteiger partial charge on any atom is 0.333 e. The first-order chi connectivity index (χ1) is 16.2. The van der Waals surface area contributed by atoms with E-state index in [1.165, 1.54) is 12.5 Å². The van der Waals surface area contributed by atoms with E-state index in [2.05, 4.69) is 40.5 Å². The van der Waals surface area contributed by atoms with Crippen molar-refractivity contribution in [3.63, 3.8) is 0 Å². The van der Waals surface area contributed by atoms with Crippen LogP contribution in [-0.4, -0.2) is 58.3 Å². The van der Waals surface area contributed by atoms with Crippen LogP contribution in [0.3, 0.4) is 0 Å². The van der Waals surface area contributed by atoms with E-state index >= 15 is 0 Å². The van der Waals surface area contributed by atoms with Crippen LogP contribution in [0.1, 0.15) is 35.0 Å². The first-order valence-corrected chi connectivity index (χ1v) is 12.6. The van der Waals surface area contributed by atoms with Crippen molar-refractivity contribution in [2.24, 2.45) is 11.1 Å². The van der Waals surface area contributed by atoms with Crippen molar-refractivity contribution < 1.29 is 22.5 Å². The van der Waals surface area contributed by atoms with Crippen LogP contribution < -0.4 is 10.5 Å². The van der Waals surface area contributed by atoms with Gasteiger partial charge in [0.15, 0.2) is 0 Å². The molecule has 34 heavy (non-hydrogen) atoms. The van der Waals surface area contributed by atoms with E-state index in [1.807, 2.05) is 24.3 Å². The van der Waals surface area contributed by atoms with Crippen molar-refractivity contribution in [3.8, 4) is 0 Å². The third kappa shape index (κ3) is 7.40. The minimum atomic E-state index is -4.11. The van der Waals surface area contributed by atoms with Gasteiger partial charge in [0, 0.05) is 29.3 Å². The minimum Gasteiger partial charge on any atom is -0.391 e. The van der Waals surface area contributed by atoms with Gasteiger partial charge in [-0.3, -0.25) is 13.7 Å². The molecular formula is C21H25BrN6O5S. The Bertz CT molecular complexity index is 1240. The molecule has 11 nitrogen and oxygen atoms in total. The summed E-state index contributed by atoms with van der Waals surface area (Å²) in [7, 11) is -4.11. The smallest absolute Gasteiger partial charge is 0.333 e. The number of ketones is 1. The maximum atomic E-state index is 13.1. The third-order valence-electron chi connectivity index (χ3n) is 5.06. The quantitative estimate of drug-likeness (QED) is 0.284. The molecule has 13 heteroatoms. The van der Waals surface area contributed by atoms with Gasteiger partial charge in [-0.2, -0.15) is 13.5 Å². The number of nitrogens with zero attached hydrogens (tertiary/aromatic N) is 4. The Morgan fingerprint density at radius 3 is 2.85 bits per heavy atom. The van der Waals surface area contributed by atoms with Crippen molar-refractivity contribution in [1.29, 1.82) is 0 Å². The van der Waals surface area contributed by atoms with Crippen molar-refractivity contribution >= 4 is 37.8 Å². The molecule has 0 saturated carbocycles. The monoisotopic (exact) mass is 552 g/mol. The number of aliphatic hydroxyl groups excluding tert-OH is 1. The lowest BCUT2D eigenvalue weighted by Gasteiger charge is -2.21. The summed E-state index contributed by atoms with van der Waals surface area (Å²) in [5.74, 6) is -0.654. The molecule has 3 rings (SSSR count). The van der Waals surface area contributed by atoms with Crippen molar-refractivity contribution in [3.05, 3.63) is 70.3 Å². The summed E-state index contributed by atoms with van der Waals surface area (Å²) in [5.41, 5.74) is 1.44. The van der Waals surface area contributed by atoms with E-state index in [9.17, 15) is 18.3 Å². The number of rotatable bonds is 12. The molecular weight excluding hydrogens is 528 g/mol. The van der Waals surface area contributed by atoms with Gasteiger partial charge in [0.25, 0.3) is 0 Å². The van der Waals surface area contributed by atoms with Crippen LogP contribution in [0.15, 0.2) is 53.5 Å². The molecule has 0 spiro atoms. The second kappa shape index (κ2) is 11.6. The van der Waals surface area contributed by atoms with Crippen LogP contribution in [-0.2, 0) is 21.0 Å². The van der Waals surface area contributed by atoms with Gasteiger partial charge in [0.1, 0.15) is 17.8 Å². The molecule has 0 amide bonds. The molecule has 2 unspecified atom stereocenters. The van der Waals surface area contributed by atoms with Crippen molar-refractivity contribution in [2.45, 2.75) is 26.0 Å². The molecule has 2 atom stereocenters. The second-order valence-corrected chi connectivity index (χ2v) is 9.67. The molecule has 0 saturated heterocycles. The molecule has 4 N–H and O–H groups in total. The zero-order valence-corrected chi connectivity index (χ0v) is 20.7. The number of carbonyl (C=O) groups excluding carboxylic acids is 1. The van der Waals surface area contributed by atoms with Crippen molar-refractivity contribution in [2.75, 3.05) is 18.5 Å². The van der Waals surface area contributed by atoms with Gasteiger partial charge in [0.2, 0.25) is 5.78 Å². The van der Waals surface area contributed by atoms with Gasteiger partial charge in [-0.05, 0) is 30.2 Å². The van der Waals surface area contributed by atoms with Crippen LogP contribution >= 0.6 is 15.9 Å². The number of aromatic nitrogens is 4. The predicted molar refractivity (Wildman–Crippen MR) is 128 cm³/mol. The number of hydrogen-bond acceptors (Lipinski definition) is 9. The molecule has 2 heterocycles. The Balaban J connectivity index is 1.67. The largest absolute Gasteiger partial charge is 0.391 e. The van der Waals surface area contributed by atoms with E-state index in [4.69, 9.17) is 5.14 Å². The second-order valence-electron chi connectivity index (χ2n) is 7.54. The summed E-state index contributed by atoms with van der Waals surface area (Å²) in [6.45, 7) is 2.02. The molecule has 0 radical (unpaired) electrons. The first-order valence-electron chi connectivity index (χ1n) is 10.4. The highest BCUT2D eigenvalue weighted by atomic mass is 79.9. The van der Waals surface area contributed by atoms with Gasteiger partial charge >= 0.3 is 10.3 Å². The number of benzene rings is 1. The topological polar surface area (TPSA) is 162 Å². The normalized spacial score (nSPS) is 13.4. The van der Waals surface area contributed by atoms with Crippen LogP contribution in [0.2, 0.25) is 0 Å². The lowest BCUT2D eigenvalue weighted by Crippen LogP contribution is -2.33. The van der Waals surface area contributed by atoms with Gasteiger partial charge in [0.05, 0.1) is 24.8 Å². The molecule has 0 aliphatic carbocycles. The molecule has 2 aromatic heterocycles. The number of anilines is 1. The van der Waals surface area contributed by atoms with Gasteiger partial charge in [-0.25, -0.2) is 15.1 Å². The van der Waals surface area contributed by atoms with E-state index < -0.39 is 22.3 Å². The molecule has 3 aromatic rings. The summed E-state index contributed by atoms with van der Waals surface area (Å²) < 4.78 is 29.3. The van der Waals surface area contributed by atoms with E-state index in [0.717, 1.165) is 10.0 Å². The molecule has 0 aliphatic rings. The van der Waals surface area contributed by atoms with Gasteiger partial charge in [-0.1, -0.05) is 35.0 Å². The highest BCUT2D eigenvalue weighted by Crippen LogP contribution is 2.18. The molecule has 0 fully saturated rings. The van der Waals surface area contributed by atoms with Crippen LogP contribution in [0.4, 0.5) is 5.82 Å². The Kier molecular flexibility index (Phi) is 8.85. The summed E-state index contributed by atoms with van der Waals surface area (Å²) in [6, 6.07) is 9.40. The van der Waals surface area contributed by atoms with Crippen molar-refractivity contribution in [1.82, 2.24) is 19.7 Å². The Hall–Kier alpha value is -2.71. The fraction of sp³-hybridized carbons (Fsp3) is 0.333. The molecule has 0 bridgehead atoms. The minimum absolute atomic E-state index is 0.00110. The Labute approximate surface area is 205 Å². The highest BCUT2D eigenvalue weighted by molar-refractivity contribution is 9.10. The Morgan fingerprint density at radius 2 is 2.15 bits per heavy atom. The van der Waals surface area contributed by atoms with E-state index in [0.29, 0.717) is 13.0 Å². The summed E-state index contributed by atoms with van der Waals surface area (Å²) in [5, 5.41) is 22.6. The Morgan fingerprint density at radius 1 is 1.35 bits per heavy atom. The third-order valence-corrected chi connectivity index (χ3v) is 6.02. The summed E-state index contributed by atoms with van der Waals surface area (Å²) in [6.07, 6.45) is 3.83. The molecule has 0 aliphatic heterocycles. The number of halogens is 1. The van der Waals surface area contributed by atoms with Gasteiger partial charge < -0.3 is 10.4 Å². The number of nitrogens with two attached hydrogens (primary N) is 1. The van der Waals surface area contributed by atoms with Gasteiger partial charge in [-0.15, -0.1) is 0 Å². The van der Waals surface area contributed by atoms with Crippen LogP contribution in [0.25, 0.3) is 0 Å². The fourth-order valence-corrected chi connectivity index (χ4v) is 4.03. The predicted octanol–water partition coefficient (Wildman–Crippen LogP) is 1.73. The highest BCUT2D eigenvalue weighted by Gasteiger charge is 2.22. The van der Waals surface area contributed by atoms with E-state index in [1.54, 1.807) is 23.9 Å². The summed E-state index contributed by atoms with van der Waals surface area (Å²) in [4.78, 5) is 21.1. The molecule has 1 aromatic carbocycles. The zero-order valence-electron chi connectivity index (χ0n) is 18.3. The first kappa shape index (κ1) is 25.9. The fourth-order valence-electron chi connectivity index (χ4n) is 3.22. The van der Waals surface area contributed by atoms with Crippen LogP contribution in [0, 0.1) is 5.92 Å². The zero-order chi connectivity index (χ0) is 24.7. The van der Waals surface area contributed by atoms with Crippen LogP contribution in [0.5, 0.6) is 0 Å². The number of nitrogens with one attached hydrogen (secondary N) is 1. The SMILES string of the molecule is CCC(COS(N)(=O)=O)C(O)CNc1ncncc1C(=O)c1ccn(Cc2cccc(Br)c2)n1. The van der Waals surface area contributed by atoms with E-state index in [-0.39, 0.29) is 36.0 Å². The lowest BCUT2D eigenvalue weighted by molar-refractivity contribution is 0.0839. The maximum absolute atomic E-state index is 13.1. The average molecular weight is 553 g/mol. The number of hydrogen-bond donors (Lipinski definition) is 3. The molecule has 182 valence electrons. The standard InChI is InChI=1S/C21H25BrN6O5S/c1-2-15(12-33-34(23,31)32)19(29)10-25-21-17(9-24-13-26-21)20(30)18-6-7-28(27-18)11-14-4-3-5-16(22)8-14/h3-9,13,15,19,29H,2,10-12H2,1H3,(H2,23,31,32)(H,24,25,26). The number of aliphatic hydroxyl groups is 1.